The number of halogens is 1. The van der Waals surface area contributed by atoms with Gasteiger partial charge in [-0.25, -0.2) is 4.79 Å². The maximum absolute atomic E-state index is 12.0. The molecule has 1 aromatic rings. The molecule has 13 nitrogen and oxygen atoms in total. The first-order valence-corrected chi connectivity index (χ1v) is 15.5. The Bertz CT molecular complexity index is 970. The van der Waals surface area contributed by atoms with Crippen LogP contribution in [0.3, 0.4) is 0 Å². The van der Waals surface area contributed by atoms with E-state index in [9.17, 15) is 4.79 Å². The number of primary amides is 1. The summed E-state index contributed by atoms with van der Waals surface area (Å²) >= 11 is 6.76. The lowest BCUT2D eigenvalue weighted by molar-refractivity contribution is 0.118. The van der Waals surface area contributed by atoms with Gasteiger partial charge in [0, 0.05) is 21.3 Å². The fourth-order valence-corrected chi connectivity index (χ4v) is 12.7. The number of nitrogens with zero attached hydrogens (tertiary/aromatic N) is 3. The van der Waals surface area contributed by atoms with E-state index in [1.165, 1.54) is 21.3 Å². The molecule has 0 saturated carbocycles. The van der Waals surface area contributed by atoms with Crippen molar-refractivity contribution in [2.45, 2.75) is 0 Å². The fraction of sp³-hybridized carbons (Fsp3) is 0.562. The molecule has 1 heterocycles. The Morgan fingerprint density at radius 1 is 0.912 bits per heavy atom. The van der Waals surface area contributed by atoms with Crippen LogP contribution in [0.25, 0.3) is 0 Å². The summed E-state index contributed by atoms with van der Waals surface area (Å²) in [4.78, 5) is 12.0. The third-order valence-corrected chi connectivity index (χ3v) is 13.2. The molecule has 1 aliphatic rings. The van der Waals surface area contributed by atoms with Crippen molar-refractivity contribution < 1.29 is 37.1 Å². The number of methoxy groups -OCH3 is 3. The molecule has 2 radical (unpaired) electrons. The summed E-state index contributed by atoms with van der Waals surface area (Å²) in [5.74, 6) is 0.290. The molecule has 2 amide bonds. The predicted molar refractivity (Wildman–Crippen MR) is 133 cm³/mol. The van der Waals surface area contributed by atoms with Gasteiger partial charge < -0.3 is 38.0 Å². The monoisotopic (exact) mass is 557 g/mol. The maximum atomic E-state index is 12.0. The van der Waals surface area contributed by atoms with E-state index in [4.69, 9.17) is 57.1 Å². The van der Waals surface area contributed by atoms with Crippen molar-refractivity contribution in [2.75, 3.05) is 61.0 Å². The van der Waals surface area contributed by atoms with Crippen molar-refractivity contribution in [2.24, 2.45) is 19.3 Å². The highest BCUT2D eigenvalue weighted by Crippen LogP contribution is 2.80. The molecule has 3 N–H and O–H groups in total. The van der Waals surface area contributed by atoms with Crippen LogP contribution < -0.4 is 20.8 Å². The molecule has 0 aliphatic carbocycles. The first kappa shape index (κ1) is 29.3. The molecule has 34 heavy (non-hydrogen) atoms. The SMILES string of the molecule is [B]c1ccc(OP2(NC(N)=O)=NP(Cl)(OCCOC)=NP(OCCOC)(OCCOC)=N2)cc1. The molecule has 18 heteroatoms. The Morgan fingerprint density at radius 3 is 1.94 bits per heavy atom. The first-order chi connectivity index (χ1) is 16.2. The highest BCUT2D eigenvalue weighted by molar-refractivity contribution is 7.94. The molecular formula is C16H28BClN5O8P3. The quantitative estimate of drug-likeness (QED) is 0.188. The summed E-state index contributed by atoms with van der Waals surface area (Å²) < 4.78 is 52.4. The van der Waals surface area contributed by atoms with Gasteiger partial charge in [0.25, 0.3) is 0 Å². The third kappa shape index (κ3) is 9.28. The number of amides is 2. The van der Waals surface area contributed by atoms with Gasteiger partial charge in [-0.1, -0.05) is 17.6 Å². The molecule has 2 atom stereocenters. The summed E-state index contributed by atoms with van der Waals surface area (Å²) in [7, 11) is 3.00. The average Bonchev–Trinajstić information content (AvgIpc) is 2.75. The molecule has 190 valence electrons. The highest BCUT2D eigenvalue weighted by Gasteiger charge is 2.42. The number of carbonyl (C=O) groups excluding carboxylic acids is 1. The average molecular weight is 558 g/mol. The van der Waals surface area contributed by atoms with E-state index >= 15 is 0 Å². The van der Waals surface area contributed by atoms with Gasteiger partial charge in [-0.2, -0.15) is 4.52 Å². The minimum atomic E-state index is -3.71. The van der Waals surface area contributed by atoms with Crippen molar-refractivity contribution in [3.63, 3.8) is 0 Å². The number of hydrogen-bond acceptors (Lipinski definition) is 11. The predicted octanol–water partition coefficient (Wildman–Crippen LogP) is 3.61. The second-order valence-electron chi connectivity index (χ2n) is 6.39. The van der Waals surface area contributed by atoms with Gasteiger partial charge in [-0.3, -0.25) is 5.09 Å². The Hall–Kier alpha value is -0.905. The van der Waals surface area contributed by atoms with E-state index in [1.807, 2.05) is 0 Å². The molecule has 0 spiro atoms. The fourth-order valence-electron chi connectivity index (χ4n) is 2.33. The number of hydrogen-bond donors (Lipinski definition) is 2. The lowest BCUT2D eigenvalue weighted by atomic mass is 9.97. The molecule has 0 fully saturated rings. The number of benzene rings is 1. The van der Waals surface area contributed by atoms with Crippen LogP contribution in [0, 0.1) is 0 Å². The number of rotatable bonds is 15. The van der Waals surface area contributed by atoms with Crippen molar-refractivity contribution in [1.29, 1.82) is 0 Å². The van der Waals surface area contributed by atoms with Crippen LogP contribution in [0.1, 0.15) is 0 Å². The van der Waals surface area contributed by atoms with Crippen LogP contribution in [0.2, 0.25) is 0 Å². The number of nitrogens with one attached hydrogen (secondary N) is 1. The summed E-state index contributed by atoms with van der Waals surface area (Å²) in [6, 6.07) is 5.41. The largest absolute Gasteiger partial charge is 0.427 e. The molecular weight excluding hydrogens is 529 g/mol. The molecule has 2 unspecified atom stereocenters. The van der Waals surface area contributed by atoms with Crippen LogP contribution in [0.5, 0.6) is 5.75 Å². The van der Waals surface area contributed by atoms with Gasteiger partial charge in [0.2, 0.25) is 0 Å². The van der Waals surface area contributed by atoms with Crippen molar-refractivity contribution in [1.82, 2.24) is 5.09 Å². The molecule has 1 aliphatic heterocycles. The summed E-state index contributed by atoms with van der Waals surface area (Å²) in [5, 5.41) is 2.48. The Labute approximate surface area is 205 Å². The Morgan fingerprint density at radius 2 is 1.44 bits per heavy atom. The first-order valence-electron chi connectivity index (χ1n) is 9.84. The van der Waals surface area contributed by atoms with Crippen LogP contribution in [0.15, 0.2) is 37.8 Å². The van der Waals surface area contributed by atoms with Crippen molar-refractivity contribution in [3.8, 4) is 5.75 Å². The number of ether oxygens (including phenoxy) is 3. The highest BCUT2D eigenvalue weighted by atomic mass is 35.7. The smallest absolute Gasteiger partial charge is 0.364 e. The van der Waals surface area contributed by atoms with E-state index in [1.54, 1.807) is 24.3 Å². The lowest BCUT2D eigenvalue weighted by Gasteiger charge is -2.31. The lowest BCUT2D eigenvalue weighted by Crippen LogP contribution is -2.28. The Kier molecular flexibility index (Phi) is 12.1. The van der Waals surface area contributed by atoms with E-state index in [0.29, 0.717) is 5.46 Å². The van der Waals surface area contributed by atoms with Gasteiger partial charge in [0.05, 0.1) is 39.6 Å². The third-order valence-electron chi connectivity index (χ3n) is 3.69. The summed E-state index contributed by atoms with van der Waals surface area (Å²) in [6.07, 6.45) is 0. The molecule has 0 aromatic heterocycles. The van der Waals surface area contributed by atoms with Gasteiger partial charge in [-0.05, 0) is 23.4 Å². The molecule has 0 bridgehead atoms. The van der Waals surface area contributed by atoms with Crippen LogP contribution in [0.4, 0.5) is 4.79 Å². The standard InChI is InChI=1S/C16H28BClN5O8P3/c1-25-8-11-28-32(18)21-33(20-16(19)24,31-15-6-4-14(17)5-7-15)23-34(22-32,29-12-9-26-2)30-13-10-27-3/h4-7H,8-13H2,1-3H3,(H3,19,20,24). The van der Waals surface area contributed by atoms with E-state index < -0.39 is 28.1 Å². The molecule has 2 rings (SSSR count). The zero-order valence-corrected chi connectivity index (χ0v) is 22.5. The Balaban J connectivity index is 2.68. The number of carbonyl (C=O) groups is 1. The van der Waals surface area contributed by atoms with Crippen molar-refractivity contribution >= 4 is 52.6 Å². The molecule has 0 saturated heterocycles. The van der Waals surface area contributed by atoms with E-state index in [0.717, 1.165) is 0 Å². The summed E-state index contributed by atoms with van der Waals surface area (Å²) in [6.45, 7) is -2.75. The maximum Gasteiger partial charge on any atom is 0.364 e. The minimum absolute atomic E-state index is 0.0510. The normalized spacial score (nSPS) is 23.3. The second-order valence-corrected chi connectivity index (χ2v) is 14.1. The van der Waals surface area contributed by atoms with E-state index in [2.05, 4.69) is 18.6 Å². The zero-order chi connectivity index (χ0) is 25.1. The number of urea groups is 1. The second kappa shape index (κ2) is 14.0. The van der Waals surface area contributed by atoms with Crippen LogP contribution >= 0.6 is 33.3 Å². The molecule has 1 aromatic carbocycles. The number of nitrogens with two attached hydrogens (primary N) is 1. The van der Waals surface area contributed by atoms with Gasteiger partial charge in [-0.15, -0.1) is 9.03 Å². The van der Waals surface area contributed by atoms with E-state index in [-0.39, 0.29) is 45.4 Å². The zero-order valence-electron chi connectivity index (χ0n) is 19.0. The summed E-state index contributed by atoms with van der Waals surface area (Å²) in [5.41, 5.74) is 5.96. The van der Waals surface area contributed by atoms with Gasteiger partial charge in [0.15, 0.2) is 0 Å². The topological polar surface area (TPSA) is 157 Å². The van der Waals surface area contributed by atoms with Crippen LogP contribution in [-0.2, 0) is 27.8 Å². The van der Waals surface area contributed by atoms with Crippen LogP contribution in [-0.4, -0.2) is 74.8 Å². The van der Waals surface area contributed by atoms with Crippen molar-refractivity contribution in [3.05, 3.63) is 24.3 Å². The minimum Gasteiger partial charge on any atom is -0.427 e. The van der Waals surface area contributed by atoms with Gasteiger partial charge >= 0.3 is 28.1 Å². The van der Waals surface area contributed by atoms with Gasteiger partial charge in [0.1, 0.15) is 13.6 Å².